The van der Waals surface area contributed by atoms with Gasteiger partial charge < -0.3 is 14.8 Å². The van der Waals surface area contributed by atoms with E-state index in [4.69, 9.17) is 9.47 Å². The van der Waals surface area contributed by atoms with Gasteiger partial charge in [0.15, 0.2) is 11.5 Å². The highest BCUT2D eigenvalue weighted by atomic mass is 16.6. The Bertz CT molecular complexity index is 361. The molecule has 2 aliphatic heterocycles. The molecule has 16 heavy (non-hydrogen) atoms. The van der Waals surface area contributed by atoms with E-state index in [0.717, 1.165) is 31.0 Å². The zero-order chi connectivity index (χ0) is 10.8. The van der Waals surface area contributed by atoms with Crippen molar-refractivity contribution in [3.8, 4) is 11.5 Å². The van der Waals surface area contributed by atoms with Crippen molar-refractivity contribution in [2.24, 2.45) is 0 Å². The second-order valence-electron chi connectivity index (χ2n) is 4.11. The van der Waals surface area contributed by atoms with Crippen LogP contribution in [0.1, 0.15) is 6.42 Å². The van der Waals surface area contributed by atoms with Crippen LogP contribution in [0.2, 0.25) is 0 Å². The van der Waals surface area contributed by atoms with Gasteiger partial charge in [-0.3, -0.25) is 0 Å². The minimum absolute atomic E-state index is 0.0719. The van der Waals surface area contributed by atoms with Crippen molar-refractivity contribution in [3.63, 3.8) is 0 Å². The number of ether oxygens (including phenoxy) is 2. The van der Waals surface area contributed by atoms with Gasteiger partial charge in [0.2, 0.25) is 0 Å². The van der Waals surface area contributed by atoms with Gasteiger partial charge in [0.1, 0.15) is 12.7 Å². The van der Waals surface area contributed by atoms with E-state index in [1.54, 1.807) is 0 Å². The summed E-state index contributed by atoms with van der Waals surface area (Å²) in [6, 6.07) is 7.83. The highest BCUT2D eigenvalue weighted by molar-refractivity contribution is 5.41. The summed E-state index contributed by atoms with van der Waals surface area (Å²) < 4.78 is 11.6. The largest absolute Gasteiger partial charge is 0.486 e. The first-order valence-corrected chi connectivity index (χ1v) is 5.71. The lowest BCUT2D eigenvalue weighted by molar-refractivity contribution is 0.0983. The first-order chi connectivity index (χ1) is 7.93. The van der Waals surface area contributed by atoms with Crippen molar-refractivity contribution in [2.75, 3.05) is 19.7 Å². The van der Waals surface area contributed by atoms with Crippen LogP contribution in [0, 0.1) is 12.3 Å². The number of rotatable bonds is 1. The number of nitrogens with one attached hydrogen (secondary N) is 1. The van der Waals surface area contributed by atoms with Crippen molar-refractivity contribution in [1.82, 2.24) is 5.32 Å². The first-order valence-electron chi connectivity index (χ1n) is 5.71. The van der Waals surface area contributed by atoms with Gasteiger partial charge in [0.05, 0.1) is 0 Å². The zero-order valence-electron chi connectivity index (χ0n) is 9.11. The van der Waals surface area contributed by atoms with E-state index < -0.39 is 0 Å². The summed E-state index contributed by atoms with van der Waals surface area (Å²) >= 11 is 0. The first kappa shape index (κ1) is 9.97. The third-order valence-electron chi connectivity index (χ3n) is 2.98. The number of fused-ring (bicyclic) bond motifs is 1. The summed E-state index contributed by atoms with van der Waals surface area (Å²) in [7, 11) is 0. The van der Waals surface area contributed by atoms with Gasteiger partial charge in [0, 0.05) is 12.5 Å². The predicted octanol–water partition coefficient (Wildman–Crippen LogP) is 1.60. The molecule has 0 saturated carbocycles. The van der Waals surface area contributed by atoms with E-state index in [2.05, 4.69) is 11.7 Å². The number of piperidine rings is 1. The molecule has 2 aliphatic rings. The van der Waals surface area contributed by atoms with Crippen LogP contribution in [0.15, 0.2) is 24.3 Å². The quantitative estimate of drug-likeness (QED) is 0.775. The van der Waals surface area contributed by atoms with Crippen molar-refractivity contribution < 1.29 is 9.47 Å². The lowest BCUT2D eigenvalue weighted by atomic mass is 9.93. The van der Waals surface area contributed by atoms with Gasteiger partial charge in [-0.2, -0.15) is 0 Å². The fourth-order valence-corrected chi connectivity index (χ4v) is 2.11. The Kier molecular flexibility index (Phi) is 2.70. The summed E-state index contributed by atoms with van der Waals surface area (Å²) in [6.45, 7) is 2.59. The second kappa shape index (κ2) is 4.34. The van der Waals surface area contributed by atoms with Crippen LogP contribution in [-0.4, -0.2) is 25.8 Å². The molecule has 1 aromatic rings. The smallest absolute Gasteiger partial charge is 0.161 e. The van der Waals surface area contributed by atoms with Gasteiger partial charge in [-0.25, -0.2) is 0 Å². The molecule has 0 amide bonds. The van der Waals surface area contributed by atoms with Crippen LogP contribution < -0.4 is 14.8 Å². The molecule has 1 saturated heterocycles. The molecule has 0 aliphatic carbocycles. The molecule has 0 aromatic heterocycles. The lowest BCUT2D eigenvalue weighted by Gasteiger charge is -2.33. The number of hydrogen-bond acceptors (Lipinski definition) is 3. The van der Waals surface area contributed by atoms with Gasteiger partial charge in [-0.1, -0.05) is 12.1 Å². The number of para-hydroxylation sites is 2. The lowest BCUT2D eigenvalue weighted by Crippen LogP contribution is -2.42. The summed E-state index contributed by atoms with van der Waals surface area (Å²) in [4.78, 5) is 0. The number of hydrogen-bond donors (Lipinski definition) is 1. The standard InChI is InChI=1S/C13H15NO2/c1-2-6-12-11(5-1)15-9-13(16-12)10-4-3-7-14-8-10/h1-2,4-6,13-14H,3,7-9H2. The third kappa shape index (κ3) is 1.87. The van der Waals surface area contributed by atoms with Gasteiger partial charge in [0.25, 0.3) is 0 Å². The minimum Gasteiger partial charge on any atom is -0.486 e. The fraction of sp³-hybridized carbons (Fsp3) is 0.385. The normalized spacial score (nSPS) is 25.4. The van der Waals surface area contributed by atoms with E-state index in [-0.39, 0.29) is 6.10 Å². The van der Waals surface area contributed by atoms with Gasteiger partial charge in [-0.15, -0.1) is 0 Å². The Balaban J connectivity index is 1.72. The SMILES string of the molecule is [CH]1CCNC[C]1C1COc2ccccc2O1. The molecule has 2 radical (unpaired) electrons. The van der Waals surface area contributed by atoms with Gasteiger partial charge in [-0.05, 0) is 31.5 Å². The van der Waals surface area contributed by atoms with Crippen LogP contribution in [0.25, 0.3) is 0 Å². The Morgan fingerprint density at radius 1 is 1.19 bits per heavy atom. The van der Waals surface area contributed by atoms with Crippen LogP contribution >= 0.6 is 0 Å². The monoisotopic (exact) mass is 217 g/mol. The Morgan fingerprint density at radius 2 is 2.06 bits per heavy atom. The average Bonchev–Trinajstić information content (AvgIpc) is 2.39. The van der Waals surface area contributed by atoms with Gasteiger partial charge >= 0.3 is 0 Å². The van der Waals surface area contributed by atoms with E-state index >= 15 is 0 Å². The maximum Gasteiger partial charge on any atom is 0.161 e. The summed E-state index contributed by atoms with van der Waals surface area (Å²) in [6.07, 6.45) is 3.41. The summed E-state index contributed by atoms with van der Waals surface area (Å²) in [5.41, 5.74) is 0. The fourth-order valence-electron chi connectivity index (χ4n) is 2.11. The van der Waals surface area contributed by atoms with Crippen molar-refractivity contribution >= 4 is 0 Å². The average molecular weight is 217 g/mol. The molecule has 3 heteroatoms. The maximum atomic E-state index is 5.94. The third-order valence-corrected chi connectivity index (χ3v) is 2.98. The van der Waals surface area contributed by atoms with E-state index in [0.29, 0.717) is 6.61 Å². The molecular formula is C13H15NO2. The highest BCUT2D eigenvalue weighted by Gasteiger charge is 2.30. The van der Waals surface area contributed by atoms with E-state index in [1.165, 1.54) is 5.92 Å². The van der Waals surface area contributed by atoms with Crippen LogP contribution in [0.5, 0.6) is 11.5 Å². The molecule has 1 fully saturated rings. The second-order valence-corrected chi connectivity index (χ2v) is 4.11. The van der Waals surface area contributed by atoms with Crippen LogP contribution in [0.3, 0.4) is 0 Å². The molecule has 3 rings (SSSR count). The Morgan fingerprint density at radius 3 is 2.88 bits per heavy atom. The highest BCUT2D eigenvalue weighted by Crippen LogP contribution is 2.34. The van der Waals surface area contributed by atoms with E-state index in [9.17, 15) is 0 Å². The molecular weight excluding hydrogens is 202 g/mol. The van der Waals surface area contributed by atoms with Crippen LogP contribution in [-0.2, 0) is 0 Å². The molecule has 1 atom stereocenters. The zero-order valence-corrected chi connectivity index (χ0v) is 9.11. The summed E-state index contributed by atoms with van der Waals surface area (Å²) in [5, 5.41) is 3.35. The molecule has 0 bridgehead atoms. The minimum atomic E-state index is 0.0719. The topological polar surface area (TPSA) is 30.5 Å². The Hall–Kier alpha value is -1.22. The molecule has 2 heterocycles. The molecule has 3 nitrogen and oxygen atoms in total. The molecule has 0 spiro atoms. The van der Waals surface area contributed by atoms with Crippen molar-refractivity contribution in [2.45, 2.75) is 12.5 Å². The number of benzene rings is 1. The van der Waals surface area contributed by atoms with Crippen LogP contribution in [0.4, 0.5) is 0 Å². The predicted molar refractivity (Wildman–Crippen MR) is 61.4 cm³/mol. The van der Waals surface area contributed by atoms with E-state index in [1.807, 2.05) is 24.3 Å². The van der Waals surface area contributed by atoms with Crippen molar-refractivity contribution in [3.05, 3.63) is 36.6 Å². The maximum absolute atomic E-state index is 5.94. The molecule has 1 N–H and O–H groups in total. The summed E-state index contributed by atoms with van der Waals surface area (Å²) in [5.74, 6) is 3.01. The Labute approximate surface area is 95.8 Å². The molecule has 84 valence electrons. The molecule has 1 aromatic carbocycles. The van der Waals surface area contributed by atoms with Crippen molar-refractivity contribution in [1.29, 1.82) is 0 Å². The molecule has 1 unspecified atom stereocenters.